The van der Waals surface area contributed by atoms with E-state index in [4.69, 9.17) is 9.47 Å². The molecule has 2 rings (SSSR count). The molecule has 0 aromatic heterocycles. The van der Waals surface area contributed by atoms with Crippen LogP contribution in [0.25, 0.3) is 0 Å². The normalized spacial score (nSPS) is 17.2. The summed E-state index contributed by atoms with van der Waals surface area (Å²) in [6.45, 7) is 5.39. The Bertz CT molecular complexity index is 571. The predicted octanol–water partition coefficient (Wildman–Crippen LogP) is 1.16. The van der Waals surface area contributed by atoms with Gasteiger partial charge < -0.3 is 25.4 Å². The van der Waals surface area contributed by atoms with Crippen molar-refractivity contribution in [3.05, 3.63) is 29.8 Å². The SMILES string of the molecule is CCNC(=NCC1CCCO1)NCCNC(=O)c1cccc(OC)c1. The van der Waals surface area contributed by atoms with Crippen molar-refractivity contribution in [3.63, 3.8) is 0 Å². The van der Waals surface area contributed by atoms with Gasteiger partial charge in [-0.15, -0.1) is 0 Å². The smallest absolute Gasteiger partial charge is 0.251 e. The van der Waals surface area contributed by atoms with Crippen LogP contribution in [-0.4, -0.2) is 57.9 Å². The summed E-state index contributed by atoms with van der Waals surface area (Å²) in [6, 6.07) is 7.09. The molecule has 0 spiro atoms. The van der Waals surface area contributed by atoms with Gasteiger partial charge in [-0.3, -0.25) is 9.79 Å². The molecular weight excluding hydrogens is 320 g/mol. The van der Waals surface area contributed by atoms with E-state index in [9.17, 15) is 4.79 Å². The lowest BCUT2D eigenvalue weighted by Gasteiger charge is -2.13. The van der Waals surface area contributed by atoms with Crippen LogP contribution in [0.5, 0.6) is 5.75 Å². The van der Waals surface area contributed by atoms with Gasteiger partial charge in [0.25, 0.3) is 5.91 Å². The van der Waals surface area contributed by atoms with Crippen molar-refractivity contribution in [2.24, 2.45) is 4.99 Å². The molecule has 1 saturated heterocycles. The maximum absolute atomic E-state index is 12.1. The average Bonchev–Trinajstić information content (AvgIpc) is 3.16. The first kappa shape index (κ1) is 19.1. The van der Waals surface area contributed by atoms with Gasteiger partial charge in [-0.05, 0) is 38.0 Å². The van der Waals surface area contributed by atoms with Gasteiger partial charge in [0.1, 0.15) is 5.75 Å². The fraction of sp³-hybridized carbons (Fsp3) is 0.556. The van der Waals surface area contributed by atoms with Crippen molar-refractivity contribution in [2.75, 3.05) is 39.9 Å². The third-order valence-corrected chi connectivity index (χ3v) is 3.86. The molecule has 3 N–H and O–H groups in total. The number of carbonyl (C=O) groups is 1. The predicted molar refractivity (Wildman–Crippen MR) is 98.3 cm³/mol. The molecule has 7 nitrogen and oxygen atoms in total. The summed E-state index contributed by atoms with van der Waals surface area (Å²) in [7, 11) is 1.58. The number of rotatable bonds is 8. The fourth-order valence-electron chi connectivity index (χ4n) is 2.55. The maximum atomic E-state index is 12.1. The van der Waals surface area contributed by atoms with E-state index in [1.807, 2.05) is 13.0 Å². The van der Waals surface area contributed by atoms with Crippen LogP contribution in [0.4, 0.5) is 0 Å². The molecular formula is C18H28N4O3. The molecule has 1 atom stereocenters. The lowest BCUT2D eigenvalue weighted by molar-refractivity contribution is 0.0954. The average molecular weight is 348 g/mol. The molecule has 0 bridgehead atoms. The lowest BCUT2D eigenvalue weighted by Crippen LogP contribution is -2.42. The topological polar surface area (TPSA) is 84.0 Å². The minimum atomic E-state index is -0.123. The highest BCUT2D eigenvalue weighted by atomic mass is 16.5. The summed E-state index contributed by atoms with van der Waals surface area (Å²) in [4.78, 5) is 16.7. The van der Waals surface area contributed by atoms with Gasteiger partial charge in [0, 0.05) is 31.8 Å². The van der Waals surface area contributed by atoms with Crippen molar-refractivity contribution in [1.82, 2.24) is 16.0 Å². The largest absolute Gasteiger partial charge is 0.497 e. The summed E-state index contributed by atoms with van der Waals surface area (Å²) < 4.78 is 10.7. The lowest BCUT2D eigenvalue weighted by atomic mass is 10.2. The zero-order valence-corrected chi connectivity index (χ0v) is 15.0. The second-order valence-electron chi connectivity index (χ2n) is 5.77. The van der Waals surface area contributed by atoms with Gasteiger partial charge in [0.05, 0.1) is 19.8 Å². The number of nitrogens with zero attached hydrogens (tertiary/aromatic N) is 1. The van der Waals surface area contributed by atoms with Gasteiger partial charge in [-0.25, -0.2) is 0 Å². The minimum Gasteiger partial charge on any atom is -0.497 e. The maximum Gasteiger partial charge on any atom is 0.251 e. The van der Waals surface area contributed by atoms with Crippen molar-refractivity contribution in [3.8, 4) is 5.75 Å². The first-order valence-electron chi connectivity index (χ1n) is 8.79. The van der Waals surface area contributed by atoms with E-state index in [1.165, 1.54) is 0 Å². The molecule has 7 heteroatoms. The number of nitrogens with one attached hydrogen (secondary N) is 3. The molecule has 0 saturated carbocycles. The van der Waals surface area contributed by atoms with Gasteiger partial charge >= 0.3 is 0 Å². The highest BCUT2D eigenvalue weighted by Crippen LogP contribution is 2.12. The third-order valence-electron chi connectivity index (χ3n) is 3.86. The number of hydrogen-bond acceptors (Lipinski definition) is 4. The molecule has 25 heavy (non-hydrogen) atoms. The fourth-order valence-corrected chi connectivity index (χ4v) is 2.55. The van der Waals surface area contributed by atoms with E-state index in [-0.39, 0.29) is 12.0 Å². The number of carbonyl (C=O) groups excluding carboxylic acids is 1. The number of hydrogen-bond donors (Lipinski definition) is 3. The second-order valence-corrected chi connectivity index (χ2v) is 5.77. The van der Waals surface area contributed by atoms with Crippen LogP contribution in [-0.2, 0) is 4.74 Å². The van der Waals surface area contributed by atoms with E-state index in [2.05, 4.69) is 20.9 Å². The van der Waals surface area contributed by atoms with E-state index < -0.39 is 0 Å². The summed E-state index contributed by atoms with van der Waals surface area (Å²) >= 11 is 0. The van der Waals surface area contributed by atoms with Gasteiger partial charge in [-0.1, -0.05) is 6.07 Å². The van der Waals surface area contributed by atoms with Crippen LogP contribution in [0.15, 0.2) is 29.3 Å². The van der Waals surface area contributed by atoms with Crippen LogP contribution < -0.4 is 20.7 Å². The Kier molecular flexibility index (Phi) is 8.04. The Labute approximate surface area is 149 Å². The number of ether oxygens (including phenoxy) is 2. The van der Waals surface area contributed by atoms with Crippen molar-refractivity contribution < 1.29 is 14.3 Å². The van der Waals surface area contributed by atoms with Crippen LogP contribution in [0.3, 0.4) is 0 Å². The number of methoxy groups -OCH3 is 1. The number of aliphatic imine (C=N–C) groups is 1. The molecule has 138 valence electrons. The molecule has 0 aliphatic carbocycles. The standard InChI is InChI=1S/C18H28N4O3/c1-3-19-18(22-13-16-8-5-11-25-16)21-10-9-20-17(23)14-6-4-7-15(12-14)24-2/h4,6-7,12,16H,3,5,8-11,13H2,1-2H3,(H,20,23)(H2,19,21,22). The van der Waals surface area contributed by atoms with Crippen LogP contribution >= 0.6 is 0 Å². The zero-order chi connectivity index (χ0) is 17.9. The highest BCUT2D eigenvalue weighted by Gasteiger charge is 2.14. The summed E-state index contributed by atoms with van der Waals surface area (Å²) in [5.41, 5.74) is 0.582. The molecule has 1 aliphatic rings. The number of guanidine groups is 1. The zero-order valence-electron chi connectivity index (χ0n) is 15.0. The Morgan fingerprint density at radius 3 is 2.88 bits per heavy atom. The van der Waals surface area contributed by atoms with Crippen LogP contribution in [0.1, 0.15) is 30.1 Å². The summed E-state index contributed by atoms with van der Waals surface area (Å²) in [5.74, 6) is 1.29. The van der Waals surface area contributed by atoms with Crippen LogP contribution in [0, 0.1) is 0 Å². The van der Waals surface area contributed by atoms with E-state index in [0.29, 0.717) is 30.9 Å². The molecule has 1 heterocycles. The van der Waals surface area contributed by atoms with Gasteiger partial charge in [-0.2, -0.15) is 0 Å². The molecule has 1 aromatic carbocycles. The van der Waals surface area contributed by atoms with Gasteiger partial charge in [0.2, 0.25) is 0 Å². The Morgan fingerprint density at radius 1 is 1.32 bits per heavy atom. The molecule has 1 aliphatic heterocycles. The first-order chi connectivity index (χ1) is 12.2. The second kappa shape index (κ2) is 10.6. The molecule has 1 unspecified atom stereocenters. The third kappa shape index (κ3) is 6.62. The monoisotopic (exact) mass is 348 g/mol. The first-order valence-corrected chi connectivity index (χ1v) is 8.79. The summed E-state index contributed by atoms with van der Waals surface area (Å²) in [6.07, 6.45) is 2.41. The van der Waals surface area contributed by atoms with E-state index in [0.717, 1.165) is 32.0 Å². The number of benzene rings is 1. The Balaban J connectivity index is 1.73. The molecule has 1 amide bonds. The molecule has 1 fully saturated rings. The van der Waals surface area contributed by atoms with Crippen molar-refractivity contribution in [2.45, 2.75) is 25.9 Å². The van der Waals surface area contributed by atoms with Crippen molar-refractivity contribution >= 4 is 11.9 Å². The number of amides is 1. The summed E-state index contributed by atoms with van der Waals surface area (Å²) in [5, 5.41) is 9.29. The Morgan fingerprint density at radius 2 is 2.16 bits per heavy atom. The molecule has 0 radical (unpaired) electrons. The quantitative estimate of drug-likeness (QED) is 0.373. The Hall–Kier alpha value is -2.28. The van der Waals surface area contributed by atoms with Crippen LogP contribution in [0.2, 0.25) is 0 Å². The van der Waals surface area contributed by atoms with E-state index >= 15 is 0 Å². The molecule has 1 aromatic rings. The van der Waals surface area contributed by atoms with Crippen molar-refractivity contribution in [1.29, 1.82) is 0 Å². The van der Waals surface area contributed by atoms with E-state index in [1.54, 1.807) is 25.3 Å². The van der Waals surface area contributed by atoms with Gasteiger partial charge in [0.15, 0.2) is 5.96 Å². The highest BCUT2D eigenvalue weighted by molar-refractivity contribution is 5.94. The minimum absolute atomic E-state index is 0.123.